The first kappa shape index (κ1) is 17.8. The molecule has 0 aromatic heterocycles. The van der Waals surface area contributed by atoms with Crippen molar-refractivity contribution in [1.82, 2.24) is 10.2 Å². The van der Waals surface area contributed by atoms with E-state index in [0.717, 1.165) is 37.0 Å². The minimum absolute atomic E-state index is 0.00660. The number of likely N-dealkylation sites (tertiary alicyclic amines) is 1. The average molecular weight is 344 g/mol. The first-order valence-corrected chi connectivity index (χ1v) is 9.41. The van der Waals surface area contributed by atoms with E-state index in [9.17, 15) is 9.59 Å². The molecular formula is C20H28N2O3. The van der Waals surface area contributed by atoms with Gasteiger partial charge in [-0.05, 0) is 49.9 Å². The van der Waals surface area contributed by atoms with Crippen molar-refractivity contribution in [3.63, 3.8) is 0 Å². The standard InChI is InChI=1S/C20H28N2O3/c1-25-18-9-7-15(8-10-18)19(23)16-11-13-22(14-12-16)20(24)21-17-5-3-2-4-6-17/h7-10,16-17H,2-6,11-14H2,1H3,(H,21,24). The molecule has 5 nitrogen and oxygen atoms in total. The van der Waals surface area contributed by atoms with Gasteiger partial charge >= 0.3 is 6.03 Å². The van der Waals surface area contributed by atoms with E-state index in [1.165, 1.54) is 19.3 Å². The maximum absolute atomic E-state index is 12.6. The molecule has 1 N–H and O–H groups in total. The highest BCUT2D eigenvalue weighted by atomic mass is 16.5. The van der Waals surface area contributed by atoms with Crippen LogP contribution >= 0.6 is 0 Å². The van der Waals surface area contributed by atoms with Gasteiger partial charge in [0, 0.05) is 30.6 Å². The van der Waals surface area contributed by atoms with Crippen LogP contribution < -0.4 is 10.1 Å². The van der Waals surface area contributed by atoms with Gasteiger partial charge in [-0.25, -0.2) is 4.79 Å². The van der Waals surface area contributed by atoms with Gasteiger partial charge in [0.1, 0.15) is 5.75 Å². The maximum atomic E-state index is 12.6. The summed E-state index contributed by atoms with van der Waals surface area (Å²) in [6, 6.07) is 7.66. The molecular weight excluding hydrogens is 316 g/mol. The summed E-state index contributed by atoms with van der Waals surface area (Å²) in [5.41, 5.74) is 0.728. The van der Waals surface area contributed by atoms with Gasteiger partial charge in [0.05, 0.1) is 7.11 Å². The van der Waals surface area contributed by atoms with Crippen molar-refractivity contribution in [3.05, 3.63) is 29.8 Å². The van der Waals surface area contributed by atoms with Crippen molar-refractivity contribution in [2.75, 3.05) is 20.2 Å². The molecule has 1 aliphatic heterocycles. The third-order valence-corrected chi connectivity index (χ3v) is 5.46. The van der Waals surface area contributed by atoms with Crippen molar-refractivity contribution in [2.45, 2.75) is 51.0 Å². The Morgan fingerprint density at radius 1 is 1.00 bits per heavy atom. The Kier molecular flexibility index (Phi) is 5.95. The number of nitrogens with zero attached hydrogens (tertiary/aromatic N) is 1. The van der Waals surface area contributed by atoms with Crippen LogP contribution in [0.25, 0.3) is 0 Å². The Labute approximate surface area is 149 Å². The van der Waals surface area contributed by atoms with Crippen LogP contribution in [0, 0.1) is 5.92 Å². The summed E-state index contributed by atoms with van der Waals surface area (Å²) < 4.78 is 5.13. The van der Waals surface area contributed by atoms with Gasteiger partial charge < -0.3 is 15.0 Å². The number of ether oxygens (including phenoxy) is 1. The van der Waals surface area contributed by atoms with Gasteiger partial charge in [0.25, 0.3) is 0 Å². The molecule has 1 aliphatic carbocycles. The number of hydrogen-bond acceptors (Lipinski definition) is 3. The number of carbonyl (C=O) groups is 2. The molecule has 1 aromatic rings. The van der Waals surface area contributed by atoms with Crippen LogP contribution in [-0.2, 0) is 0 Å². The number of benzene rings is 1. The van der Waals surface area contributed by atoms with Gasteiger partial charge in [-0.1, -0.05) is 19.3 Å². The fraction of sp³-hybridized carbons (Fsp3) is 0.600. The number of hydrogen-bond donors (Lipinski definition) is 1. The van der Waals surface area contributed by atoms with Crippen LogP contribution in [0.15, 0.2) is 24.3 Å². The van der Waals surface area contributed by atoms with Crippen molar-refractivity contribution in [2.24, 2.45) is 5.92 Å². The molecule has 0 spiro atoms. The molecule has 1 heterocycles. The number of Topliss-reactive ketones (excluding diaryl/α,β-unsaturated/α-hetero) is 1. The second-order valence-electron chi connectivity index (χ2n) is 7.14. The summed E-state index contributed by atoms with van der Waals surface area (Å²) in [4.78, 5) is 26.9. The lowest BCUT2D eigenvalue weighted by atomic mass is 9.89. The first-order valence-electron chi connectivity index (χ1n) is 9.41. The number of urea groups is 1. The molecule has 0 bridgehead atoms. The molecule has 0 unspecified atom stereocenters. The summed E-state index contributed by atoms with van der Waals surface area (Å²) >= 11 is 0. The molecule has 2 amide bonds. The second-order valence-corrected chi connectivity index (χ2v) is 7.14. The van der Waals surface area contributed by atoms with Crippen LogP contribution in [0.4, 0.5) is 4.79 Å². The number of rotatable bonds is 4. The smallest absolute Gasteiger partial charge is 0.317 e. The van der Waals surface area contributed by atoms with E-state index in [4.69, 9.17) is 4.74 Å². The number of carbonyl (C=O) groups excluding carboxylic acids is 2. The summed E-state index contributed by atoms with van der Waals surface area (Å²) in [6.45, 7) is 1.32. The summed E-state index contributed by atoms with van der Waals surface area (Å²) in [7, 11) is 1.62. The lowest BCUT2D eigenvalue weighted by molar-refractivity contribution is 0.0852. The highest BCUT2D eigenvalue weighted by Gasteiger charge is 2.29. The lowest BCUT2D eigenvalue weighted by Gasteiger charge is -2.33. The molecule has 1 saturated carbocycles. The summed E-state index contributed by atoms with van der Waals surface area (Å²) in [6.07, 6.45) is 7.38. The fourth-order valence-corrected chi connectivity index (χ4v) is 3.85. The fourth-order valence-electron chi connectivity index (χ4n) is 3.85. The third-order valence-electron chi connectivity index (χ3n) is 5.46. The molecule has 1 aromatic carbocycles. The zero-order valence-corrected chi connectivity index (χ0v) is 15.0. The van der Waals surface area contributed by atoms with E-state index in [1.807, 2.05) is 29.2 Å². The van der Waals surface area contributed by atoms with Gasteiger partial charge in [-0.3, -0.25) is 4.79 Å². The van der Waals surface area contributed by atoms with Crippen molar-refractivity contribution in [3.8, 4) is 5.75 Å². The predicted octanol–water partition coefficient (Wildman–Crippen LogP) is 3.63. The van der Waals surface area contributed by atoms with Crippen LogP contribution in [0.1, 0.15) is 55.3 Å². The Morgan fingerprint density at radius 2 is 1.64 bits per heavy atom. The molecule has 0 atom stereocenters. The monoisotopic (exact) mass is 344 g/mol. The molecule has 2 aliphatic rings. The summed E-state index contributed by atoms with van der Waals surface area (Å²) in [5.74, 6) is 0.938. The quantitative estimate of drug-likeness (QED) is 0.849. The normalized spacial score (nSPS) is 19.5. The largest absolute Gasteiger partial charge is 0.497 e. The minimum atomic E-state index is 0.00660. The number of amides is 2. The van der Waals surface area contributed by atoms with Crippen LogP contribution in [0.2, 0.25) is 0 Å². The van der Waals surface area contributed by atoms with Crippen LogP contribution in [-0.4, -0.2) is 43.0 Å². The lowest BCUT2D eigenvalue weighted by Crippen LogP contribution is -2.48. The Hall–Kier alpha value is -2.04. The van der Waals surface area contributed by atoms with Crippen molar-refractivity contribution >= 4 is 11.8 Å². The zero-order chi connectivity index (χ0) is 17.6. The van der Waals surface area contributed by atoms with Crippen molar-refractivity contribution in [1.29, 1.82) is 0 Å². The third kappa shape index (κ3) is 4.53. The van der Waals surface area contributed by atoms with Gasteiger partial charge in [0.2, 0.25) is 0 Å². The topological polar surface area (TPSA) is 58.6 Å². The van der Waals surface area contributed by atoms with Gasteiger partial charge in [-0.2, -0.15) is 0 Å². The van der Waals surface area contributed by atoms with Crippen LogP contribution in [0.3, 0.4) is 0 Å². The Morgan fingerprint density at radius 3 is 2.24 bits per heavy atom. The molecule has 25 heavy (non-hydrogen) atoms. The average Bonchev–Trinajstić information content (AvgIpc) is 2.68. The Balaban J connectivity index is 1.48. The van der Waals surface area contributed by atoms with E-state index >= 15 is 0 Å². The summed E-state index contributed by atoms with van der Waals surface area (Å²) in [5, 5.41) is 3.17. The number of piperidine rings is 1. The predicted molar refractivity (Wildman–Crippen MR) is 97.0 cm³/mol. The minimum Gasteiger partial charge on any atom is -0.497 e. The second kappa shape index (κ2) is 8.37. The first-order chi connectivity index (χ1) is 12.2. The van der Waals surface area contributed by atoms with E-state index in [2.05, 4.69) is 5.32 Å². The molecule has 0 radical (unpaired) electrons. The van der Waals surface area contributed by atoms with Gasteiger partial charge in [0.15, 0.2) is 5.78 Å². The molecule has 1 saturated heterocycles. The van der Waals surface area contributed by atoms with E-state index in [0.29, 0.717) is 19.1 Å². The van der Waals surface area contributed by atoms with E-state index in [1.54, 1.807) is 7.11 Å². The SMILES string of the molecule is COc1ccc(C(=O)C2CCN(C(=O)NC3CCCCC3)CC2)cc1. The zero-order valence-electron chi connectivity index (χ0n) is 15.0. The highest BCUT2D eigenvalue weighted by molar-refractivity contribution is 5.98. The number of nitrogens with one attached hydrogen (secondary N) is 1. The van der Waals surface area contributed by atoms with Crippen LogP contribution in [0.5, 0.6) is 5.75 Å². The molecule has 2 fully saturated rings. The number of ketones is 1. The molecule has 136 valence electrons. The molecule has 5 heteroatoms. The van der Waals surface area contributed by atoms with E-state index < -0.39 is 0 Å². The maximum Gasteiger partial charge on any atom is 0.317 e. The van der Waals surface area contributed by atoms with Gasteiger partial charge in [-0.15, -0.1) is 0 Å². The highest BCUT2D eigenvalue weighted by Crippen LogP contribution is 2.24. The number of methoxy groups -OCH3 is 1. The van der Waals surface area contributed by atoms with Crippen molar-refractivity contribution < 1.29 is 14.3 Å². The van der Waals surface area contributed by atoms with E-state index in [-0.39, 0.29) is 17.7 Å². The molecule has 3 rings (SSSR count). The Bertz CT molecular complexity index is 585.